The van der Waals surface area contributed by atoms with Crippen LogP contribution in [-0.2, 0) is 11.3 Å². The minimum atomic E-state index is 0.0578. The first-order valence-electron chi connectivity index (χ1n) is 5.52. The second-order valence-corrected chi connectivity index (χ2v) is 3.54. The zero-order valence-corrected chi connectivity index (χ0v) is 10.2. The minimum Gasteiger partial charge on any atom is -0.507 e. The normalized spacial score (nSPS) is 10.6. The lowest BCUT2D eigenvalue weighted by Crippen LogP contribution is -1.93. The molecule has 1 aromatic carbocycles. The molecule has 0 radical (unpaired) electrons. The molecule has 0 aliphatic rings. The van der Waals surface area contributed by atoms with Crippen LogP contribution < -0.4 is 4.74 Å². The summed E-state index contributed by atoms with van der Waals surface area (Å²) in [7, 11) is 1.55. The van der Waals surface area contributed by atoms with E-state index in [-0.39, 0.29) is 18.2 Å². The average molecular weight is 250 g/mol. The predicted molar refractivity (Wildman–Crippen MR) is 63.3 cm³/mol. The van der Waals surface area contributed by atoms with Gasteiger partial charge in [0.1, 0.15) is 18.1 Å². The lowest BCUT2D eigenvalue weighted by atomic mass is 10.2. The molecule has 0 saturated heterocycles. The highest BCUT2D eigenvalue weighted by molar-refractivity contribution is 5.64. The van der Waals surface area contributed by atoms with E-state index in [1.54, 1.807) is 19.2 Å². The second-order valence-electron chi connectivity index (χ2n) is 3.54. The molecule has 6 nitrogen and oxygen atoms in total. The highest BCUT2D eigenvalue weighted by Crippen LogP contribution is 2.31. The Hall–Kier alpha value is -2.08. The third-order valence-electron chi connectivity index (χ3n) is 2.34. The fraction of sp³-hybridized carbons (Fsp3) is 0.333. The van der Waals surface area contributed by atoms with E-state index in [1.807, 2.05) is 6.92 Å². The highest BCUT2D eigenvalue weighted by atomic mass is 16.5. The molecule has 6 heteroatoms. The van der Waals surface area contributed by atoms with Gasteiger partial charge in [0.05, 0.1) is 12.7 Å². The smallest absolute Gasteiger partial charge is 0.261 e. The summed E-state index contributed by atoms with van der Waals surface area (Å²) in [6.07, 6.45) is 0. The average Bonchev–Trinajstić information content (AvgIpc) is 2.85. The molecule has 2 aromatic rings. The lowest BCUT2D eigenvalue weighted by molar-refractivity contribution is 0.126. The number of nitrogens with zero attached hydrogens (tertiary/aromatic N) is 2. The highest BCUT2D eigenvalue weighted by Gasteiger charge is 2.13. The summed E-state index contributed by atoms with van der Waals surface area (Å²) < 4.78 is 15.3. The first-order chi connectivity index (χ1) is 8.74. The van der Waals surface area contributed by atoms with Crippen LogP contribution in [0.2, 0.25) is 0 Å². The molecule has 18 heavy (non-hydrogen) atoms. The quantitative estimate of drug-likeness (QED) is 0.874. The Balaban J connectivity index is 2.27. The van der Waals surface area contributed by atoms with Gasteiger partial charge < -0.3 is 19.1 Å². The molecule has 0 unspecified atom stereocenters. The molecule has 1 aromatic heterocycles. The van der Waals surface area contributed by atoms with E-state index in [0.717, 1.165) is 0 Å². The van der Waals surface area contributed by atoms with Gasteiger partial charge in [-0.05, 0) is 25.1 Å². The Morgan fingerprint density at radius 3 is 2.94 bits per heavy atom. The standard InChI is InChI=1S/C12H14N2O4/c1-3-17-7-11-13-12(18-14-11)9-6-8(16-2)4-5-10(9)15/h4-6,15H,3,7H2,1-2H3. The topological polar surface area (TPSA) is 77.6 Å². The maximum absolute atomic E-state index is 9.75. The van der Waals surface area contributed by atoms with E-state index >= 15 is 0 Å². The number of ether oxygens (including phenoxy) is 2. The first kappa shape index (κ1) is 12.4. The van der Waals surface area contributed by atoms with Crippen LogP contribution in [0, 0.1) is 0 Å². The van der Waals surface area contributed by atoms with Crippen LogP contribution >= 0.6 is 0 Å². The van der Waals surface area contributed by atoms with E-state index in [1.165, 1.54) is 6.07 Å². The van der Waals surface area contributed by atoms with Gasteiger partial charge in [-0.1, -0.05) is 5.16 Å². The SMILES string of the molecule is CCOCc1noc(-c2cc(OC)ccc2O)n1. The Kier molecular flexibility index (Phi) is 3.78. The molecule has 0 spiro atoms. The van der Waals surface area contributed by atoms with Crippen LogP contribution in [-0.4, -0.2) is 29.0 Å². The number of hydrogen-bond donors (Lipinski definition) is 1. The zero-order chi connectivity index (χ0) is 13.0. The molecule has 0 atom stereocenters. The molecule has 1 heterocycles. The summed E-state index contributed by atoms with van der Waals surface area (Å²) in [5, 5.41) is 13.5. The molecule has 0 aliphatic heterocycles. The summed E-state index contributed by atoms with van der Waals surface area (Å²) >= 11 is 0. The monoisotopic (exact) mass is 250 g/mol. The summed E-state index contributed by atoms with van der Waals surface area (Å²) in [6, 6.07) is 4.80. The summed E-state index contributed by atoms with van der Waals surface area (Å²) in [5.74, 6) is 1.34. The van der Waals surface area contributed by atoms with Crippen molar-refractivity contribution < 1.29 is 19.1 Å². The number of phenolic OH excluding ortho intramolecular Hbond substituents is 1. The van der Waals surface area contributed by atoms with Gasteiger partial charge in [0.2, 0.25) is 0 Å². The van der Waals surface area contributed by atoms with E-state index < -0.39 is 0 Å². The van der Waals surface area contributed by atoms with Crippen LogP contribution in [0.3, 0.4) is 0 Å². The van der Waals surface area contributed by atoms with Crippen molar-refractivity contribution >= 4 is 0 Å². The van der Waals surface area contributed by atoms with Crippen molar-refractivity contribution in [3.8, 4) is 23.0 Å². The van der Waals surface area contributed by atoms with Gasteiger partial charge >= 0.3 is 0 Å². The van der Waals surface area contributed by atoms with Gasteiger partial charge in [-0.3, -0.25) is 0 Å². The van der Waals surface area contributed by atoms with E-state index in [4.69, 9.17) is 14.0 Å². The van der Waals surface area contributed by atoms with Gasteiger partial charge in [-0.15, -0.1) is 0 Å². The molecular formula is C12H14N2O4. The molecule has 0 aliphatic carbocycles. The van der Waals surface area contributed by atoms with Gasteiger partial charge in [-0.2, -0.15) is 4.98 Å². The summed E-state index contributed by atoms with van der Waals surface area (Å²) in [4.78, 5) is 4.14. The van der Waals surface area contributed by atoms with E-state index in [9.17, 15) is 5.11 Å². The van der Waals surface area contributed by atoms with Crippen LogP contribution in [0.25, 0.3) is 11.5 Å². The van der Waals surface area contributed by atoms with Crippen molar-refractivity contribution in [1.82, 2.24) is 10.1 Å². The van der Waals surface area contributed by atoms with Crippen LogP contribution in [0.5, 0.6) is 11.5 Å². The van der Waals surface area contributed by atoms with Gasteiger partial charge in [0, 0.05) is 6.61 Å². The Labute approximate surface area is 104 Å². The van der Waals surface area contributed by atoms with Crippen molar-refractivity contribution in [1.29, 1.82) is 0 Å². The molecule has 0 bridgehead atoms. The van der Waals surface area contributed by atoms with Crippen molar-refractivity contribution in [2.45, 2.75) is 13.5 Å². The van der Waals surface area contributed by atoms with Crippen molar-refractivity contribution in [3.05, 3.63) is 24.0 Å². The molecular weight excluding hydrogens is 236 g/mol. The molecule has 0 fully saturated rings. The maximum Gasteiger partial charge on any atom is 0.261 e. The molecule has 0 amide bonds. The predicted octanol–water partition coefficient (Wildman–Crippen LogP) is 1.99. The fourth-order valence-electron chi connectivity index (χ4n) is 1.43. The molecule has 96 valence electrons. The molecule has 2 rings (SSSR count). The van der Waals surface area contributed by atoms with Crippen molar-refractivity contribution in [3.63, 3.8) is 0 Å². The van der Waals surface area contributed by atoms with Crippen molar-refractivity contribution in [2.24, 2.45) is 0 Å². The Morgan fingerprint density at radius 1 is 1.39 bits per heavy atom. The molecule has 1 N–H and O–H groups in total. The number of aromatic nitrogens is 2. The second kappa shape index (κ2) is 5.50. The van der Waals surface area contributed by atoms with Gasteiger partial charge in [0.25, 0.3) is 5.89 Å². The zero-order valence-electron chi connectivity index (χ0n) is 10.2. The Morgan fingerprint density at radius 2 is 2.22 bits per heavy atom. The Bertz CT molecular complexity index is 525. The minimum absolute atomic E-state index is 0.0578. The van der Waals surface area contributed by atoms with E-state index in [2.05, 4.69) is 10.1 Å². The largest absolute Gasteiger partial charge is 0.507 e. The van der Waals surface area contributed by atoms with Crippen molar-refractivity contribution in [2.75, 3.05) is 13.7 Å². The number of methoxy groups -OCH3 is 1. The fourth-order valence-corrected chi connectivity index (χ4v) is 1.43. The number of rotatable bonds is 5. The summed E-state index contributed by atoms with van der Waals surface area (Å²) in [5.41, 5.74) is 0.435. The van der Waals surface area contributed by atoms with Crippen LogP contribution in [0.15, 0.2) is 22.7 Å². The summed E-state index contributed by atoms with van der Waals surface area (Å²) in [6.45, 7) is 2.74. The lowest BCUT2D eigenvalue weighted by Gasteiger charge is -2.02. The first-order valence-corrected chi connectivity index (χ1v) is 5.52. The third-order valence-corrected chi connectivity index (χ3v) is 2.34. The molecule has 0 saturated carbocycles. The van der Waals surface area contributed by atoms with Gasteiger partial charge in [-0.25, -0.2) is 0 Å². The number of hydrogen-bond acceptors (Lipinski definition) is 6. The van der Waals surface area contributed by atoms with E-state index in [0.29, 0.717) is 23.7 Å². The number of benzene rings is 1. The van der Waals surface area contributed by atoms with Crippen LogP contribution in [0.4, 0.5) is 0 Å². The van der Waals surface area contributed by atoms with Crippen LogP contribution in [0.1, 0.15) is 12.7 Å². The number of aromatic hydroxyl groups is 1. The third kappa shape index (κ3) is 2.60. The maximum atomic E-state index is 9.75. The van der Waals surface area contributed by atoms with Gasteiger partial charge in [0.15, 0.2) is 5.82 Å². The number of phenols is 1.